The molecule has 0 bridgehead atoms. The molecule has 1 aromatic carbocycles. The number of urea groups is 1. The highest BCUT2D eigenvalue weighted by molar-refractivity contribution is 7.90. The number of likely N-dealkylation sites (tertiary alicyclic amines) is 1. The van der Waals surface area contributed by atoms with E-state index in [9.17, 15) is 37.2 Å². The number of carbonyl (C=O) groups excluding carboxylic acids is 6. The van der Waals surface area contributed by atoms with Crippen LogP contribution in [-0.4, -0.2) is 96.9 Å². The molecule has 6 atom stereocenters. The fourth-order valence-corrected chi connectivity index (χ4v) is 9.62. The van der Waals surface area contributed by atoms with Crippen molar-refractivity contribution in [3.63, 3.8) is 0 Å². The van der Waals surface area contributed by atoms with Gasteiger partial charge < -0.3 is 26.2 Å². The Bertz CT molecular complexity index is 1830. The third-order valence-electron chi connectivity index (χ3n) is 11.8. The Hall–Kier alpha value is -4.27. The molecule has 0 aromatic heterocycles. The lowest BCUT2D eigenvalue weighted by atomic mass is 9.80. The van der Waals surface area contributed by atoms with Gasteiger partial charge in [0, 0.05) is 13.1 Å². The van der Waals surface area contributed by atoms with Crippen molar-refractivity contribution in [2.75, 3.05) is 19.6 Å². The molecule has 1 saturated heterocycles. The molecule has 14 nitrogen and oxygen atoms in total. The number of amides is 6. The number of fused-ring (bicyclic) bond motifs is 2. The SMILES string of the molecule is C=CCNC(=O)C(=O)C(CC1CCC1)NC(=O)[C@@H]1[C@@H]2[C@H](CN1C(=O)[C@@H](NC(=O)N[C@H](CN1C(=O)c3ccccc3S1(=O)=O)C(C)(C)C)C(C)(C)C)C2(C)C. The Balaban J connectivity index is 1.34. The molecule has 296 valence electrons. The third-order valence-corrected chi connectivity index (χ3v) is 13.6. The normalized spacial score (nSPS) is 24.2. The predicted molar refractivity (Wildman–Crippen MR) is 201 cm³/mol. The maximum Gasteiger partial charge on any atom is 0.315 e. The number of sulfonamides is 1. The average Bonchev–Trinajstić information content (AvgIpc) is 3.31. The minimum absolute atomic E-state index is 0.0117. The van der Waals surface area contributed by atoms with E-state index in [0.29, 0.717) is 6.42 Å². The summed E-state index contributed by atoms with van der Waals surface area (Å²) in [6.45, 7) is 18.5. The second-order valence-corrected chi connectivity index (χ2v) is 19.8. The van der Waals surface area contributed by atoms with Crippen molar-refractivity contribution in [2.45, 2.75) is 110 Å². The van der Waals surface area contributed by atoms with E-state index < -0.39 is 80.5 Å². The van der Waals surface area contributed by atoms with Gasteiger partial charge in [-0.1, -0.05) is 92.9 Å². The average molecular weight is 769 g/mol. The fraction of sp³-hybridized carbons (Fsp3) is 0.641. The van der Waals surface area contributed by atoms with Crippen molar-refractivity contribution in [3.05, 3.63) is 42.5 Å². The zero-order valence-electron chi connectivity index (χ0n) is 32.7. The fourth-order valence-electron chi connectivity index (χ4n) is 8.03. The van der Waals surface area contributed by atoms with E-state index in [1.165, 1.54) is 23.1 Å². The number of carbonyl (C=O) groups is 6. The minimum atomic E-state index is -4.14. The summed E-state index contributed by atoms with van der Waals surface area (Å²) in [7, 11) is -4.14. The van der Waals surface area contributed by atoms with E-state index in [1.54, 1.807) is 53.7 Å². The van der Waals surface area contributed by atoms with Gasteiger partial charge in [0.15, 0.2) is 0 Å². The van der Waals surface area contributed by atoms with Gasteiger partial charge in [-0.3, -0.25) is 24.0 Å². The molecule has 2 saturated carbocycles. The summed E-state index contributed by atoms with van der Waals surface area (Å²) < 4.78 is 27.5. The van der Waals surface area contributed by atoms with Crippen LogP contribution in [0.2, 0.25) is 0 Å². The lowest BCUT2D eigenvalue weighted by molar-refractivity contribution is -0.145. The molecule has 15 heteroatoms. The first-order valence-electron chi connectivity index (χ1n) is 18.8. The highest BCUT2D eigenvalue weighted by Crippen LogP contribution is 2.65. The van der Waals surface area contributed by atoms with Crippen molar-refractivity contribution in [2.24, 2.45) is 34.0 Å². The van der Waals surface area contributed by atoms with Crippen LogP contribution in [0.1, 0.15) is 91.4 Å². The summed E-state index contributed by atoms with van der Waals surface area (Å²) in [4.78, 5) is 83.2. The molecule has 1 aromatic rings. The molecular weight excluding hydrogens is 713 g/mol. The highest BCUT2D eigenvalue weighted by atomic mass is 32.2. The lowest BCUT2D eigenvalue weighted by Crippen LogP contribution is -2.63. The van der Waals surface area contributed by atoms with E-state index in [4.69, 9.17) is 0 Å². The molecule has 5 rings (SSSR count). The zero-order chi connectivity index (χ0) is 40.1. The first kappa shape index (κ1) is 40.9. The molecule has 2 aliphatic heterocycles. The van der Waals surface area contributed by atoms with Crippen LogP contribution in [0, 0.1) is 34.0 Å². The van der Waals surface area contributed by atoms with Crippen LogP contribution in [0.25, 0.3) is 0 Å². The smallest absolute Gasteiger partial charge is 0.315 e. The van der Waals surface area contributed by atoms with Crippen molar-refractivity contribution in [3.8, 4) is 0 Å². The highest BCUT2D eigenvalue weighted by Gasteiger charge is 2.70. The molecule has 4 aliphatic rings. The Morgan fingerprint density at radius 3 is 2.19 bits per heavy atom. The van der Waals surface area contributed by atoms with Crippen LogP contribution < -0.4 is 21.3 Å². The third kappa shape index (κ3) is 7.92. The molecule has 6 amide bonds. The number of piperidine rings is 1. The van der Waals surface area contributed by atoms with Gasteiger partial charge >= 0.3 is 6.03 Å². The number of hydrogen-bond donors (Lipinski definition) is 4. The van der Waals surface area contributed by atoms with E-state index in [1.807, 2.05) is 13.8 Å². The van der Waals surface area contributed by atoms with Crippen LogP contribution in [0.15, 0.2) is 41.8 Å². The van der Waals surface area contributed by atoms with Crippen molar-refractivity contribution in [1.29, 1.82) is 0 Å². The summed E-state index contributed by atoms with van der Waals surface area (Å²) in [5.41, 5.74) is -1.74. The van der Waals surface area contributed by atoms with Gasteiger partial charge in [0.05, 0.1) is 24.2 Å². The van der Waals surface area contributed by atoms with E-state index in [0.717, 1.165) is 23.6 Å². The topological polar surface area (TPSA) is 191 Å². The molecule has 2 heterocycles. The van der Waals surface area contributed by atoms with Crippen molar-refractivity contribution < 1.29 is 37.2 Å². The standard InChI is InChI=1S/C39H56N6O8S/c1-10-18-40-33(48)30(46)25(19-22-14-13-15-22)41-32(47)29-28-24(39(28,8)9)20-44(29)35(50)31(38(5,6)7)43-36(51)42-27(37(2,3)4)21-45-34(49)23-16-11-12-17-26(23)54(45,52)53/h10-12,16-17,22,24-25,27-29,31H,1,13-15,18-21H2,2-9H3,(H,40,48)(H,41,47)(H2,42,43,51)/t24-,25?,27+,28-,29-,31+/m0/s1. The number of rotatable bonds is 13. The molecule has 3 fully saturated rings. The quantitative estimate of drug-likeness (QED) is 0.174. The van der Waals surface area contributed by atoms with Crippen LogP contribution >= 0.6 is 0 Å². The molecular formula is C39H56N6O8S. The number of benzene rings is 1. The second-order valence-electron chi connectivity index (χ2n) is 18.0. The maximum absolute atomic E-state index is 14.5. The van der Waals surface area contributed by atoms with Crippen molar-refractivity contribution in [1.82, 2.24) is 30.5 Å². The van der Waals surface area contributed by atoms with Crippen LogP contribution in [0.3, 0.4) is 0 Å². The summed E-state index contributed by atoms with van der Waals surface area (Å²) in [6.07, 6.45) is 4.59. The Morgan fingerprint density at radius 1 is 0.981 bits per heavy atom. The Kier molecular flexibility index (Phi) is 11.2. The first-order chi connectivity index (χ1) is 25.0. The number of hydrogen-bond acceptors (Lipinski definition) is 8. The number of nitrogens with one attached hydrogen (secondary N) is 4. The van der Waals surface area contributed by atoms with E-state index in [-0.39, 0.29) is 53.3 Å². The summed E-state index contributed by atoms with van der Waals surface area (Å²) in [5.74, 6) is -3.22. The molecule has 54 heavy (non-hydrogen) atoms. The minimum Gasteiger partial charge on any atom is -0.346 e. The molecule has 4 N–H and O–H groups in total. The molecule has 1 unspecified atom stereocenters. The molecule has 2 aliphatic carbocycles. The number of ketones is 1. The van der Waals surface area contributed by atoms with Gasteiger partial charge in [0.1, 0.15) is 17.0 Å². The van der Waals surface area contributed by atoms with Gasteiger partial charge in [-0.15, -0.1) is 6.58 Å². The van der Waals surface area contributed by atoms with Crippen LogP contribution in [0.5, 0.6) is 0 Å². The molecule has 0 radical (unpaired) electrons. The van der Waals surface area contributed by atoms with Crippen LogP contribution in [-0.2, 0) is 29.2 Å². The van der Waals surface area contributed by atoms with Gasteiger partial charge in [0.2, 0.25) is 17.6 Å². The van der Waals surface area contributed by atoms with Crippen LogP contribution in [0.4, 0.5) is 4.79 Å². The van der Waals surface area contributed by atoms with Gasteiger partial charge in [-0.25, -0.2) is 17.5 Å². The number of Topliss-reactive ketones (excluding diaryl/α,β-unsaturated/α-hetero) is 1. The Morgan fingerprint density at radius 2 is 1.63 bits per heavy atom. The summed E-state index contributed by atoms with van der Waals surface area (Å²) >= 11 is 0. The summed E-state index contributed by atoms with van der Waals surface area (Å²) in [6, 6.07) is 1.25. The first-order valence-corrected chi connectivity index (χ1v) is 20.2. The lowest BCUT2D eigenvalue weighted by Gasteiger charge is -2.39. The largest absolute Gasteiger partial charge is 0.346 e. The predicted octanol–water partition coefficient (Wildman–Crippen LogP) is 2.99. The van der Waals surface area contributed by atoms with Crippen molar-refractivity contribution >= 4 is 45.5 Å². The van der Waals surface area contributed by atoms with E-state index >= 15 is 0 Å². The zero-order valence-corrected chi connectivity index (χ0v) is 33.5. The van der Waals surface area contributed by atoms with E-state index in [2.05, 4.69) is 27.8 Å². The van der Waals surface area contributed by atoms with Gasteiger partial charge in [-0.2, -0.15) is 0 Å². The second kappa shape index (κ2) is 14.8. The Labute approximate surface area is 318 Å². The monoisotopic (exact) mass is 768 g/mol. The molecule has 0 spiro atoms. The van der Waals surface area contributed by atoms with Gasteiger partial charge in [-0.05, 0) is 52.6 Å². The maximum atomic E-state index is 14.5. The van der Waals surface area contributed by atoms with Gasteiger partial charge in [0.25, 0.3) is 21.8 Å². The summed E-state index contributed by atoms with van der Waals surface area (Å²) in [5, 5.41) is 11.0. The number of nitrogens with zero attached hydrogens (tertiary/aromatic N) is 2.